The maximum Gasteiger partial charge on any atom is 0.336 e. The van der Waals surface area contributed by atoms with E-state index in [-0.39, 0.29) is 0 Å². The van der Waals surface area contributed by atoms with E-state index in [1.165, 1.54) is 0 Å². The van der Waals surface area contributed by atoms with Crippen LogP contribution in [0.1, 0.15) is 79.1 Å². The van der Waals surface area contributed by atoms with Crippen molar-refractivity contribution in [2.75, 3.05) is 25.7 Å². The van der Waals surface area contributed by atoms with Crippen molar-refractivity contribution in [2.24, 2.45) is 11.8 Å². The van der Waals surface area contributed by atoms with E-state index >= 15 is 0 Å². The van der Waals surface area contributed by atoms with Gasteiger partial charge >= 0.3 is 11.9 Å². The van der Waals surface area contributed by atoms with Gasteiger partial charge in [0, 0.05) is 0 Å². The predicted molar refractivity (Wildman–Crippen MR) is 127 cm³/mol. The summed E-state index contributed by atoms with van der Waals surface area (Å²) >= 11 is 2.29. The third-order valence-corrected chi connectivity index (χ3v) is 7.05. The Morgan fingerprint density at radius 3 is 1.43 bits per heavy atom. The smallest absolute Gasteiger partial charge is 0.336 e. The molecule has 0 aliphatic carbocycles. The number of carbonyl (C=O) groups is 2. The van der Waals surface area contributed by atoms with Gasteiger partial charge in [-0.05, 0) is 37.2 Å². The first-order valence-corrected chi connectivity index (χ1v) is 13.8. The van der Waals surface area contributed by atoms with E-state index in [0.29, 0.717) is 25.0 Å². The highest BCUT2D eigenvalue weighted by Crippen LogP contribution is 2.23. The average Bonchev–Trinajstić information content (AvgIpc) is 2.75. The van der Waals surface area contributed by atoms with Crippen molar-refractivity contribution < 1.29 is 24.3 Å². The summed E-state index contributed by atoms with van der Waals surface area (Å²) in [6.45, 7) is 9.12. The first-order chi connectivity index (χ1) is 14.4. The zero-order valence-electron chi connectivity index (χ0n) is 19.7. The number of rotatable bonds is 18. The molecular weight excluding hydrogens is 422 g/mol. The lowest BCUT2D eigenvalue weighted by Crippen LogP contribution is -2.47. The third kappa shape index (κ3) is 11.3. The van der Waals surface area contributed by atoms with E-state index in [1.54, 1.807) is 12.5 Å². The molecule has 0 aromatic rings. The van der Waals surface area contributed by atoms with Crippen LogP contribution < -0.4 is 0 Å². The maximum absolute atomic E-state index is 12.6. The molecule has 0 radical (unpaired) electrons. The number of thioether (sulfide) groups is 2. The van der Waals surface area contributed by atoms with E-state index in [1.807, 2.05) is 0 Å². The summed E-state index contributed by atoms with van der Waals surface area (Å²) in [6, 6.07) is 0. The monoisotopic (exact) mass is 465 g/mol. The number of unbranched alkanes of at least 4 members (excludes halogenated alkanes) is 2. The fourth-order valence-corrected chi connectivity index (χ4v) is 4.36. The Morgan fingerprint density at radius 1 is 0.800 bits per heavy atom. The minimum Gasteiger partial charge on any atom is -0.464 e. The summed E-state index contributed by atoms with van der Waals surface area (Å²) in [5.74, 6) is -0.416. The van der Waals surface area contributed by atoms with E-state index < -0.39 is 22.7 Å². The molecule has 4 atom stereocenters. The van der Waals surface area contributed by atoms with Crippen LogP contribution in [0.3, 0.4) is 0 Å². The summed E-state index contributed by atoms with van der Waals surface area (Å²) in [5, 5.41) is 9.46. The van der Waals surface area contributed by atoms with Crippen LogP contribution in [0.4, 0.5) is 0 Å². The summed E-state index contributed by atoms with van der Waals surface area (Å²) < 4.78 is 11.0. The molecule has 0 saturated carbocycles. The Balaban J connectivity index is 4.83. The largest absolute Gasteiger partial charge is 0.464 e. The molecule has 8 heteroatoms. The van der Waals surface area contributed by atoms with E-state index in [2.05, 4.69) is 27.7 Å². The Bertz CT molecular complexity index is 427. The molecule has 6 nitrogen and oxygen atoms in total. The van der Waals surface area contributed by atoms with Crippen LogP contribution >= 0.6 is 23.5 Å². The van der Waals surface area contributed by atoms with Crippen LogP contribution in [0, 0.1) is 11.8 Å². The van der Waals surface area contributed by atoms with Gasteiger partial charge in [0.15, 0.2) is 10.7 Å². The van der Waals surface area contributed by atoms with E-state index in [9.17, 15) is 14.8 Å². The fourth-order valence-electron chi connectivity index (χ4n) is 3.09. The van der Waals surface area contributed by atoms with Crippen LogP contribution in [-0.4, -0.2) is 58.7 Å². The molecule has 178 valence electrons. The minimum absolute atomic E-state index is 0.318. The molecule has 30 heavy (non-hydrogen) atoms. The summed E-state index contributed by atoms with van der Waals surface area (Å²) in [6.07, 6.45) is 11.8. The van der Waals surface area contributed by atoms with Gasteiger partial charge in [0.25, 0.3) is 0 Å². The van der Waals surface area contributed by atoms with Gasteiger partial charge in [0.1, 0.15) is 0 Å². The van der Waals surface area contributed by atoms with Crippen molar-refractivity contribution in [3.8, 4) is 0 Å². The Hall–Kier alpha value is -0.440. The Labute approximate surface area is 192 Å². The van der Waals surface area contributed by atoms with Crippen LogP contribution in [0.5, 0.6) is 0 Å². The average molecular weight is 466 g/mol. The van der Waals surface area contributed by atoms with Crippen LogP contribution in [-0.2, 0) is 19.1 Å². The molecule has 0 aliphatic heterocycles. The van der Waals surface area contributed by atoms with E-state index in [4.69, 9.17) is 9.47 Å². The standard InChI is InChI=1S/C22H43NO5S2/c1-7-11-13-17(9-3)15-27-21(24)19(29-5)23(26)20(30-6)22(25)28-16-18(10-4)14-12-8-2/h17-20,26H,7-16H2,1-6H3. The molecule has 0 rings (SSSR count). The number of esters is 2. The molecule has 0 amide bonds. The quantitative estimate of drug-likeness (QED) is 0.160. The first-order valence-electron chi connectivity index (χ1n) is 11.3. The second kappa shape index (κ2) is 18.2. The molecule has 0 aliphatic rings. The molecule has 0 saturated heterocycles. The summed E-state index contributed by atoms with van der Waals surface area (Å²) in [4.78, 5) is 25.2. The topological polar surface area (TPSA) is 76.1 Å². The maximum atomic E-state index is 12.6. The van der Waals surface area contributed by atoms with Gasteiger partial charge in [0.2, 0.25) is 0 Å². The zero-order valence-corrected chi connectivity index (χ0v) is 21.4. The van der Waals surface area contributed by atoms with Crippen LogP contribution in [0.15, 0.2) is 0 Å². The number of nitrogens with zero attached hydrogens (tertiary/aromatic N) is 1. The van der Waals surface area contributed by atoms with Crippen LogP contribution in [0.25, 0.3) is 0 Å². The lowest BCUT2D eigenvalue weighted by Gasteiger charge is -2.29. The van der Waals surface area contributed by atoms with Crippen molar-refractivity contribution in [2.45, 2.75) is 89.8 Å². The molecule has 0 bridgehead atoms. The van der Waals surface area contributed by atoms with Gasteiger partial charge in [0.05, 0.1) is 13.2 Å². The predicted octanol–water partition coefficient (Wildman–Crippen LogP) is 5.58. The number of ether oxygens (including phenoxy) is 2. The second-order valence-corrected chi connectivity index (χ2v) is 9.49. The Morgan fingerprint density at radius 2 is 1.17 bits per heavy atom. The minimum atomic E-state index is -0.972. The highest BCUT2D eigenvalue weighted by Gasteiger charge is 2.36. The highest BCUT2D eigenvalue weighted by atomic mass is 32.2. The van der Waals surface area contributed by atoms with Gasteiger partial charge in [-0.25, -0.2) is 9.59 Å². The van der Waals surface area contributed by atoms with Gasteiger partial charge in [-0.2, -0.15) is 0 Å². The molecule has 4 unspecified atom stereocenters. The lowest BCUT2D eigenvalue weighted by molar-refractivity contribution is -0.178. The summed E-state index contributed by atoms with van der Waals surface area (Å²) in [5.41, 5.74) is 0. The molecule has 0 aromatic carbocycles. The van der Waals surface area contributed by atoms with Crippen molar-refractivity contribution in [3.63, 3.8) is 0 Å². The van der Waals surface area contributed by atoms with Gasteiger partial charge in [-0.3, -0.25) is 0 Å². The SMILES string of the molecule is CCCCC(CC)COC(=O)C(SC)N(O)C(SC)C(=O)OCC(CC)CCCC. The molecule has 0 aromatic heterocycles. The van der Waals surface area contributed by atoms with Crippen molar-refractivity contribution >= 4 is 35.5 Å². The number of hydrogen-bond donors (Lipinski definition) is 1. The van der Waals surface area contributed by atoms with Gasteiger partial charge < -0.3 is 14.7 Å². The summed E-state index contributed by atoms with van der Waals surface area (Å²) in [7, 11) is 0. The molecule has 0 spiro atoms. The van der Waals surface area contributed by atoms with Crippen molar-refractivity contribution in [1.82, 2.24) is 5.06 Å². The molecule has 0 heterocycles. The Kier molecular flexibility index (Phi) is 17.9. The first kappa shape index (κ1) is 29.6. The fraction of sp³-hybridized carbons (Fsp3) is 0.909. The number of carbonyl (C=O) groups excluding carboxylic acids is 2. The second-order valence-electron chi connectivity index (χ2n) is 7.65. The van der Waals surface area contributed by atoms with Gasteiger partial charge in [-0.15, -0.1) is 28.6 Å². The molecule has 0 fully saturated rings. The number of hydroxylamine groups is 2. The molecular formula is C22H43NO5S2. The van der Waals surface area contributed by atoms with E-state index in [0.717, 1.165) is 80.0 Å². The highest BCUT2D eigenvalue weighted by molar-refractivity contribution is 8.00. The van der Waals surface area contributed by atoms with Crippen molar-refractivity contribution in [1.29, 1.82) is 0 Å². The number of hydrogen-bond acceptors (Lipinski definition) is 8. The zero-order chi connectivity index (χ0) is 22.9. The van der Waals surface area contributed by atoms with Crippen molar-refractivity contribution in [3.05, 3.63) is 0 Å². The van der Waals surface area contributed by atoms with Crippen LogP contribution in [0.2, 0.25) is 0 Å². The molecule has 1 N–H and O–H groups in total. The normalized spacial score (nSPS) is 15.5. The lowest BCUT2D eigenvalue weighted by atomic mass is 10.0. The van der Waals surface area contributed by atoms with Gasteiger partial charge in [-0.1, -0.05) is 66.2 Å². The third-order valence-electron chi connectivity index (χ3n) is 5.34.